The van der Waals surface area contributed by atoms with E-state index in [9.17, 15) is 12.8 Å². The number of benzene rings is 1. The largest absolute Gasteiger partial charge is 0.296 e. The molecule has 4 rings (SSSR count). The Morgan fingerprint density at radius 3 is 2.65 bits per heavy atom. The normalized spacial score (nSPS) is 20.2. The quantitative estimate of drug-likeness (QED) is 0.799. The maximum Gasteiger partial charge on any atom is 0.218 e. The van der Waals surface area contributed by atoms with Crippen molar-refractivity contribution in [1.82, 2.24) is 9.21 Å². The van der Waals surface area contributed by atoms with Gasteiger partial charge in [-0.25, -0.2) is 17.1 Å². The van der Waals surface area contributed by atoms with Crippen LogP contribution in [-0.4, -0.2) is 43.3 Å². The van der Waals surface area contributed by atoms with Crippen LogP contribution < -0.4 is 0 Å². The number of rotatable bonds is 4. The smallest absolute Gasteiger partial charge is 0.218 e. The molecule has 0 bridgehead atoms. The topological polar surface area (TPSA) is 40.6 Å². The van der Waals surface area contributed by atoms with Crippen molar-refractivity contribution < 1.29 is 12.8 Å². The van der Waals surface area contributed by atoms with Crippen LogP contribution in [0.2, 0.25) is 0 Å². The highest BCUT2D eigenvalue weighted by molar-refractivity contribution is 7.88. The van der Waals surface area contributed by atoms with Gasteiger partial charge in [0.25, 0.3) is 0 Å². The van der Waals surface area contributed by atoms with Crippen LogP contribution in [0, 0.1) is 5.82 Å². The number of halogens is 1. The molecule has 0 saturated carbocycles. The zero-order valence-corrected chi connectivity index (χ0v) is 16.2. The summed E-state index contributed by atoms with van der Waals surface area (Å²) in [7, 11) is -3.48. The van der Waals surface area contributed by atoms with E-state index >= 15 is 0 Å². The molecular weight excluding hydrogens is 371 g/mol. The third-order valence-electron chi connectivity index (χ3n) is 5.47. The molecule has 1 aromatic heterocycles. The second kappa shape index (κ2) is 7.38. The number of nitrogens with zero attached hydrogens (tertiary/aromatic N) is 2. The molecule has 3 heterocycles. The van der Waals surface area contributed by atoms with E-state index in [1.165, 1.54) is 20.8 Å². The average molecular weight is 395 g/mol. The summed E-state index contributed by atoms with van der Waals surface area (Å²) in [4.78, 5) is 3.99. The SMILES string of the molecule is O=S(=O)(Cc1ccccc1F)N1CCC(N2CCc3sccc3C2)CC1. The molecule has 7 heteroatoms. The van der Waals surface area contributed by atoms with Gasteiger partial charge in [0.05, 0.1) is 5.75 Å². The van der Waals surface area contributed by atoms with Gasteiger partial charge in [-0.1, -0.05) is 18.2 Å². The van der Waals surface area contributed by atoms with Gasteiger partial charge in [0, 0.05) is 42.7 Å². The summed E-state index contributed by atoms with van der Waals surface area (Å²) in [6, 6.07) is 8.75. The summed E-state index contributed by atoms with van der Waals surface area (Å²) < 4.78 is 40.7. The number of hydrogen-bond donors (Lipinski definition) is 0. The molecule has 4 nitrogen and oxygen atoms in total. The Balaban J connectivity index is 1.37. The first-order valence-corrected chi connectivity index (χ1v) is 11.5. The van der Waals surface area contributed by atoms with Gasteiger partial charge in [0.2, 0.25) is 10.0 Å². The Labute approximate surface area is 158 Å². The predicted molar refractivity (Wildman–Crippen MR) is 102 cm³/mol. The van der Waals surface area contributed by atoms with Crippen molar-refractivity contribution in [2.75, 3.05) is 19.6 Å². The molecule has 0 aliphatic carbocycles. The number of hydrogen-bond acceptors (Lipinski definition) is 4. The van der Waals surface area contributed by atoms with Crippen molar-refractivity contribution in [2.24, 2.45) is 0 Å². The van der Waals surface area contributed by atoms with E-state index in [1.807, 2.05) is 11.3 Å². The van der Waals surface area contributed by atoms with Gasteiger partial charge in [-0.2, -0.15) is 0 Å². The fourth-order valence-corrected chi connectivity index (χ4v) is 6.44. The molecule has 0 atom stereocenters. The van der Waals surface area contributed by atoms with Crippen LogP contribution in [0.3, 0.4) is 0 Å². The van der Waals surface area contributed by atoms with Gasteiger partial charge in [-0.3, -0.25) is 4.90 Å². The molecule has 0 amide bonds. The van der Waals surface area contributed by atoms with Crippen molar-refractivity contribution in [1.29, 1.82) is 0 Å². The molecule has 2 aromatic rings. The van der Waals surface area contributed by atoms with Crippen LogP contribution in [0.25, 0.3) is 0 Å². The molecule has 1 saturated heterocycles. The molecule has 2 aliphatic rings. The van der Waals surface area contributed by atoms with E-state index in [2.05, 4.69) is 16.3 Å². The maximum atomic E-state index is 13.8. The second-order valence-electron chi connectivity index (χ2n) is 7.07. The summed E-state index contributed by atoms with van der Waals surface area (Å²) in [6.45, 7) is 3.08. The molecule has 2 aliphatic heterocycles. The van der Waals surface area contributed by atoms with Gasteiger partial charge >= 0.3 is 0 Å². The number of piperidine rings is 1. The lowest BCUT2D eigenvalue weighted by atomic mass is 10.0. The third kappa shape index (κ3) is 3.71. The van der Waals surface area contributed by atoms with E-state index < -0.39 is 15.8 Å². The first-order valence-electron chi connectivity index (χ1n) is 9.03. The molecule has 1 aromatic carbocycles. The zero-order chi connectivity index (χ0) is 18.1. The number of thiophene rings is 1. The highest BCUT2D eigenvalue weighted by Crippen LogP contribution is 2.29. The average Bonchev–Trinajstić information content (AvgIpc) is 3.11. The monoisotopic (exact) mass is 394 g/mol. The van der Waals surface area contributed by atoms with Crippen LogP contribution in [0.5, 0.6) is 0 Å². The number of sulfonamides is 1. The van der Waals surface area contributed by atoms with E-state index in [4.69, 9.17) is 0 Å². The van der Waals surface area contributed by atoms with Gasteiger partial charge in [0.15, 0.2) is 0 Å². The van der Waals surface area contributed by atoms with Crippen molar-refractivity contribution in [3.05, 3.63) is 57.5 Å². The maximum absolute atomic E-state index is 13.8. The Kier molecular flexibility index (Phi) is 5.14. The molecular formula is C19H23FN2O2S2. The Hall–Kier alpha value is -1.28. The van der Waals surface area contributed by atoms with Gasteiger partial charge in [0.1, 0.15) is 5.82 Å². The molecule has 0 spiro atoms. The van der Waals surface area contributed by atoms with Crippen molar-refractivity contribution in [3.8, 4) is 0 Å². The molecule has 0 unspecified atom stereocenters. The van der Waals surface area contributed by atoms with Crippen LogP contribution >= 0.6 is 11.3 Å². The lowest BCUT2D eigenvalue weighted by Crippen LogP contribution is -2.48. The summed E-state index contributed by atoms with van der Waals surface area (Å²) in [6.07, 6.45) is 2.78. The molecule has 0 N–H and O–H groups in total. The predicted octanol–water partition coefficient (Wildman–Crippen LogP) is 3.24. The first-order chi connectivity index (χ1) is 12.5. The van der Waals surface area contributed by atoms with E-state index in [0.717, 1.165) is 32.4 Å². The standard InChI is InChI=1S/C19H23FN2O2S2/c20-18-4-2-1-3-16(18)14-26(23,24)22-10-5-17(6-11-22)21-9-7-19-15(13-21)8-12-25-19/h1-4,8,12,17H,5-7,9-11,13-14H2. The highest BCUT2D eigenvalue weighted by atomic mass is 32.2. The van der Waals surface area contributed by atoms with E-state index in [1.54, 1.807) is 18.2 Å². The van der Waals surface area contributed by atoms with E-state index in [-0.39, 0.29) is 11.3 Å². The van der Waals surface area contributed by atoms with Gasteiger partial charge < -0.3 is 0 Å². The van der Waals surface area contributed by atoms with Crippen molar-refractivity contribution >= 4 is 21.4 Å². The fraction of sp³-hybridized carbons (Fsp3) is 0.474. The summed E-state index contributed by atoms with van der Waals surface area (Å²) in [5, 5.41) is 2.16. The third-order valence-corrected chi connectivity index (χ3v) is 8.32. The minimum Gasteiger partial charge on any atom is -0.296 e. The van der Waals surface area contributed by atoms with E-state index in [0.29, 0.717) is 19.1 Å². The molecule has 0 radical (unpaired) electrons. The molecule has 26 heavy (non-hydrogen) atoms. The summed E-state index contributed by atoms with van der Waals surface area (Å²) in [5.74, 6) is -0.711. The molecule has 140 valence electrons. The minimum absolute atomic E-state index is 0.246. The Morgan fingerprint density at radius 2 is 1.88 bits per heavy atom. The molecule has 1 fully saturated rings. The fourth-order valence-electron chi connectivity index (χ4n) is 3.97. The van der Waals surface area contributed by atoms with Gasteiger partial charge in [-0.15, -0.1) is 11.3 Å². The Morgan fingerprint density at radius 1 is 1.12 bits per heavy atom. The van der Waals surface area contributed by atoms with Gasteiger partial charge in [-0.05, 0) is 42.3 Å². The van der Waals surface area contributed by atoms with Crippen LogP contribution in [0.1, 0.15) is 28.8 Å². The lowest BCUT2D eigenvalue weighted by Gasteiger charge is -2.39. The second-order valence-corrected chi connectivity index (χ2v) is 10.0. The zero-order valence-electron chi connectivity index (χ0n) is 14.6. The van der Waals surface area contributed by atoms with Crippen LogP contribution in [-0.2, 0) is 28.7 Å². The van der Waals surface area contributed by atoms with Crippen molar-refractivity contribution in [3.63, 3.8) is 0 Å². The first kappa shape index (κ1) is 18.1. The summed E-state index contributed by atoms with van der Waals surface area (Å²) in [5.41, 5.74) is 1.67. The summed E-state index contributed by atoms with van der Waals surface area (Å²) >= 11 is 1.83. The van der Waals surface area contributed by atoms with Crippen molar-refractivity contribution in [2.45, 2.75) is 37.6 Å². The number of fused-ring (bicyclic) bond motifs is 1. The lowest BCUT2D eigenvalue weighted by molar-refractivity contribution is 0.127. The highest BCUT2D eigenvalue weighted by Gasteiger charge is 2.32. The minimum atomic E-state index is -3.48. The van der Waals surface area contributed by atoms with Crippen LogP contribution in [0.4, 0.5) is 4.39 Å². The Bertz CT molecular complexity index is 873. The van der Waals surface area contributed by atoms with Crippen LogP contribution in [0.15, 0.2) is 35.7 Å².